The molecule has 1 aliphatic carbocycles. The first-order chi connectivity index (χ1) is 18.0. The number of carbonyl (C=O) groups excluding carboxylic acids is 1. The van der Waals surface area contributed by atoms with E-state index in [2.05, 4.69) is 26.3 Å². The summed E-state index contributed by atoms with van der Waals surface area (Å²) in [5.41, 5.74) is 3.09. The first-order valence-corrected chi connectivity index (χ1v) is 12.3. The maximum absolute atomic E-state index is 13.5. The Kier molecular flexibility index (Phi) is 7.09. The number of methoxy groups -OCH3 is 2. The third kappa shape index (κ3) is 5.15. The molecule has 1 amide bonds. The molecule has 1 aromatic carbocycles. The van der Waals surface area contributed by atoms with Crippen LogP contribution in [-0.4, -0.2) is 82.6 Å². The highest BCUT2D eigenvalue weighted by atomic mass is 19.1. The van der Waals surface area contributed by atoms with Crippen molar-refractivity contribution in [2.45, 2.75) is 25.5 Å². The maximum atomic E-state index is 13.5. The van der Waals surface area contributed by atoms with Gasteiger partial charge in [-0.05, 0) is 43.3 Å². The third-order valence-electron chi connectivity index (χ3n) is 6.86. The minimum Gasteiger partial charge on any atom is -0.501 e. The minimum absolute atomic E-state index is 0.00854. The van der Waals surface area contributed by atoms with Crippen LogP contribution in [-0.2, 0) is 14.3 Å². The molecule has 2 unspecified atom stereocenters. The molecule has 1 saturated heterocycles. The number of allylic oxidation sites excluding steroid dienone is 1. The SMILES string of the molecule is COC1=CC(N2CCN(C(=O)C(C)Nc3c(-c4ccc(F)cc4)nc4cnccn34)CC2)=CC(OC)C1. The van der Waals surface area contributed by atoms with Gasteiger partial charge in [0.1, 0.15) is 29.1 Å². The van der Waals surface area contributed by atoms with E-state index in [1.807, 2.05) is 22.3 Å². The van der Waals surface area contributed by atoms with Crippen molar-refractivity contribution >= 4 is 17.4 Å². The normalized spacial score (nSPS) is 18.9. The van der Waals surface area contributed by atoms with E-state index in [1.165, 1.54) is 12.1 Å². The van der Waals surface area contributed by atoms with Crippen LogP contribution in [0.5, 0.6) is 0 Å². The van der Waals surface area contributed by atoms with E-state index in [9.17, 15) is 9.18 Å². The predicted molar refractivity (Wildman–Crippen MR) is 138 cm³/mol. The second-order valence-electron chi connectivity index (χ2n) is 9.18. The molecule has 0 bridgehead atoms. The van der Waals surface area contributed by atoms with Crippen molar-refractivity contribution in [3.63, 3.8) is 0 Å². The number of halogens is 1. The molecular formula is C27H31FN6O3. The van der Waals surface area contributed by atoms with Crippen LogP contribution < -0.4 is 5.32 Å². The van der Waals surface area contributed by atoms with E-state index >= 15 is 0 Å². The molecular weight excluding hydrogens is 475 g/mol. The summed E-state index contributed by atoms with van der Waals surface area (Å²) in [5, 5.41) is 3.37. The van der Waals surface area contributed by atoms with Crippen molar-refractivity contribution in [2.24, 2.45) is 0 Å². The first kappa shape index (κ1) is 24.8. The van der Waals surface area contributed by atoms with E-state index in [4.69, 9.17) is 9.47 Å². The summed E-state index contributed by atoms with van der Waals surface area (Å²) in [4.78, 5) is 26.4. The molecule has 2 aliphatic rings. The second kappa shape index (κ2) is 10.6. The number of amides is 1. The Morgan fingerprint density at radius 2 is 1.92 bits per heavy atom. The van der Waals surface area contributed by atoms with Crippen LogP contribution in [0, 0.1) is 5.82 Å². The van der Waals surface area contributed by atoms with Gasteiger partial charge in [0.25, 0.3) is 0 Å². The molecule has 10 heteroatoms. The smallest absolute Gasteiger partial charge is 0.244 e. The van der Waals surface area contributed by atoms with Crippen LogP contribution in [0.1, 0.15) is 13.3 Å². The number of hydrogen-bond acceptors (Lipinski definition) is 7. The number of ether oxygens (including phenoxy) is 2. The Morgan fingerprint density at radius 1 is 1.16 bits per heavy atom. The highest BCUT2D eigenvalue weighted by Crippen LogP contribution is 2.30. The summed E-state index contributed by atoms with van der Waals surface area (Å²) in [6, 6.07) is 5.66. The summed E-state index contributed by atoms with van der Waals surface area (Å²) in [7, 11) is 3.37. The van der Waals surface area contributed by atoms with Gasteiger partial charge in [0.15, 0.2) is 5.65 Å². The molecule has 1 aliphatic heterocycles. The van der Waals surface area contributed by atoms with Crippen LogP contribution in [0.15, 0.2) is 66.5 Å². The van der Waals surface area contributed by atoms with E-state index < -0.39 is 6.04 Å². The van der Waals surface area contributed by atoms with Crippen molar-refractivity contribution in [3.05, 3.63) is 72.3 Å². The minimum atomic E-state index is -0.495. The molecule has 37 heavy (non-hydrogen) atoms. The predicted octanol–water partition coefficient (Wildman–Crippen LogP) is 3.31. The number of fused-ring (bicyclic) bond motifs is 1. The number of nitrogens with one attached hydrogen (secondary N) is 1. The fraction of sp³-hybridized carbons (Fsp3) is 0.370. The zero-order chi connectivity index (χ0) is 25.9. The molecule has 2 atom stereocenters. The molecule has 3 heterocycles. The number of rotatable bonds is 7. The van der Waals surface area contributed by atoms with Gasteiger partial charge in [0.2, 0.25) is 5.91 Å². The monoisotopic (exact) mass is 506 g/mol. The third-order valence-corrected chi connectivity index (χ3v) is 6.86. The molecule has 0 spiro atoms. The zero-order valence-electron chi connectivity index (χ0n) is 21.2. The van der Waals surface area contributed by atoms with Crippen LogP contribution in [0.25, 0.3) is 16.9 Å². The van der Waals surface area contributed by atoms with Gasteiger partial charge in [-0.3, -0.25) is 14.2 Å². The lowest BCUT2D eigenvalue weighted by atomic mass is 10.1. The van der Waals surface area contributed by atoms with E-state index in [1.54, 1.807) is 44.9 Å². The lowest BCUT2D eigenvalue weighted by molar-refractivity contribution is -0.133. The lowest BCUT2D eigenvalue weighted by Crippen LogP contribution is -2.52. The van der Waals surface area contributed by atoms with Gasteiger partial charge in [-0.2, -0.15) is 0 Å². The van der Waals surface area contributed by atoms with Crippen molar-refractivity contribution < 1.29 is 18.7 Å². The maximum Gasteiger partial charge on any atom is 0.244 e. The summed E-state index contributed by atoms with van der Waals surface area (Å²) in [6.45, 7) is 4.51. The highest BCUT2D eigenvalue weighted by Gasteiger charge is 2.28. The van der Waals surface area contributed by atoms with Crippen LogP contribution >= 0.6 is 0 Å². The fourth-order valence-corrected chi connectivity index (χ4v) is 4.79. The van der Waals surface area contributed by atoms with Gasteiger partial charge in [0.05, 0.1) is 19.4 Å². The number of hydrogen-bond donors (Lipinski definition) is 1. The summed E-state index contributed by atoms with van der Waals surface area (Å²) >= 11 is 0. The van der Waals surface area contributed by atoms with Crippen LogP contribution in [0.2, 0.25) is 0 Å². The number of piperazine rings is 1. The lowest BCUT2D eigenvalue weighted by Gasteiger charge is -2.39. The van der Waals surface area contributed by atoms with E-state index in [0.717, 1.165) is 36.5 Å². The Hall–Kier alpha value is -3.92. The first-order valence-electron chi connectivity index (χ1n) is 12.3. The van der Waals surface area contributed by atoms with Gasteiger partial charge in [-0.25, -0.2) is 9.37 Å². The van der Waals surface area contributed by atoms with Crippen molar-refractivity contribution in [2.75, 3.05) is 45.7 Å². The number of benzene rings is 1. The average molecular weight is 507 g/mol. The number of aromatic nitrogens is 3. The van der Waals surface area contributed by atoms with Gasteiger partial charge in [-0.15, -0.1) is 0 Å². The molecule has 5 rings (SSSR count). The number of carbonyl (C=O) groups is 1. The van der Waals surface area contributed by atoms with Gasteiger partial charge in [0, 0.05) is 63.4 Å². The topological polar surface area (TPSA) is 84.2 Å². The molecule has 1 N–H and O–H groups in total. The number of nitrogens with zero attached hydrogens (tertiary/aromatic N) is 5. The molecule has 1 fully saturated rings. The molecule has 0 saturated carbocycles. The number of imidazole rings is 1. The van der Waals surface area contributed by atoms with Gasteiger partial charge >= 0.3 is 0 Å². The fourth-order valence-electron chi connectivity index (χ4n) is 4.79. The standard InChI is InChI=1S/C27H31FN6O3/c1-18(27(35)33-12-10-32(11-13-33)21-14-22(36-2)16-23(15-21)37-3)30-26-25(19-4-6-20(28)7-5-19)31-24-17-29-8-9-34(24)26/h4-9,14-15,17-18,22,30H,10-13,16H2,1-3H3. The Balaban J connectivity index is 1.29. The quantitative estimate of drug-likeness (QED) is 0.526. The van der Waals surface area contributed by atoms with Gasteiger partial charge < -0.3 is 24.6 Å². The van der Waals surface area contributed by atoms with Crippen molar-refractivity contribution in [1.29, 1.82) is 0 Å². The number of anilines is 1. The second-order valence-corrected chi connectivity index (χ2v) is 9.18. The van der Waals surface area contributed by atoms with Crippen LogP contribution in [0.4, 0.5) is 10.2 Å². The highest BCUT2D eigenvalue weighted by molar-refractivity contribution is 5.86. The molecule has 0 radical (unpaired) electrons. The van der Waals surface area contributed by atoms with Crippen molar-refractivity contribution in [1.82, 2.24) is 24.2 Å². The summed E-state index contributed by atoms with van der Waals surface area (Å²) in [6.07, 6.45) is 9.97. The van der Waals surface area contributed by atoms with Crippen molar-refractivity contribution in [3.8, 4) is 11.3 Å². The largest absolute Gasteiger partial charge is 0.501 e. The van der Waals surface area contributed by atoms with E-state index in [-0.39, 0.29) is 17.8 Å². The Bertz CT molecular complexity index is 1330. The van der Waals surface area contributed by atoms with E-state index in [0.29, 0.717) is 30.2 Å². The van der Waals surface area contributed by atoms with Crippen LogP contribution in [0.3, 0.4) is 0 Å². The molecule has 3 aromatic rings. The Morgan fingerprint density at radius 3 is 2.62 bits per heavy atom. The Labute approximate surface area is 215 Å². The molecule has 9 nitrogen and oxygen atoms in total. The zero-order valence-corrected chi connectivity index (χ0v) is 21.2. The average Bonchev–Trinajstić information content (AvgIpc) is 3.30. The molecule has 194 valence electrons. The van der Waals surface area contributed by atoms with Gasteiger partial charge in [-0.1, -0.05) is 0 Å². The summed E-state index contributed by atoms with van der Waals surface area (Å²) < 4.78 is 26.4. The molecule has 2 aromatic heterocycles. The summed E-state index contributed by atoms with van der Waals surface area (Å²) in [5.74, 6) is 1.25.